The molecular weight excluding hydrogens is 254 g/mol. The molecule has 0 spiro atoms. The molecule has 0 aliphatic carbocycles. The van der Waals surface area contributed by atoms with Crippen LogP contribution < -0.4 is 4.90 Å². The summed E-state index contributed by atoms with van der Waals surface area (Å²) in [6.45, 7) is 0.740. The third kappa shape index (κ3) is 2.45. The first kappa shape index (κ1) is 13.6. The summed E-state index contributed by atoms with van der Waals surface area (Å²) in [4.78, 5) is 13.4. The van der Waals surface area contributed by atoms with Crippen LogP contribution >= 0.6 is 0 Å². The maximum absolute atomic E-state index is 11.7. The van der Waals surface area contributed by atoms with Crippen molar-refractivity contribution in [2.45, 2.75) is 44.3 Å². The number of hydrogen-bond donors (Lipinski definition) is 1. The summed E-state index contributed by atoms with van der Waals surface area (Å²) < 4.78 is 5.66. The molecule has 3 rings (SSSR count). The fourth-order valence-electron chi connectivity index (χ4n) is 3.09. The highest BCUT2D eigenvalue weighted by molar-refractivity contribution is 5.95. The molecule has 108 valence electrons. The van der Waals surface area contributed by atoms with E-state index >= 15 is 0 Å². The van der Waals surface area contributed by atoms with Crippen LogP contribution in [0.15, 0.2) is 18.2 Å². The summed E-state index contributed by atoms with van der Waals surface area (Å²) >= 11 is 0. The van der Waals surface area contributed by atoms with Crippen LogP contribution in [0.3, 0.4) is 0 Å². The van der Waals surface area contributed by atoms with Crippen LogP contribution in [0.25, 0.3) is 0 Å². The second-order valence-electron chi connectivity index (χ2n) is 5.69. The van der Waals surface area contributed by atoms with E-state index in [1.165, 1.54) is 0 Å². The van der Waals surface area contributed by atoms with E-state index in [2.05, 4.69) is 0 Å². The molecule has 2 aliphatic rings. The van der Waals surface area contributed by atoms with Crippen LogP contribution in [0, 0.1) is 0 Å². The largest absolute Gasteiger partial charge is 0.386 e. The van der Waals surface area contributed by atoms with Crippen molar-refractivity contribution in [3.63, 3.8) is 0 Å². The number of rotatable bonds is 2. The molecule has 4 nitrogen and oxygen atoms in total. The van der Waals surface area contributed by atoms with Gasteiger partial charge in [0.05, 0.1) is 6.10 Å². The minimum absolute atomic E-state index is 0.0928. The van der Waals surface area contributed by atoms with E-state index in [4.69, 9.17) is 4.74 Å². The summed E-state index contributed by atoms with van der Waals surface area (Å²) in [6, 6.07) is 5.88. The van der Waals surface area contributed by atoms with Crippen molar-refractivity contribution in [1.29, 1.82) is 0 Å². The van der Waals surface area contributed by atoms with Gasteiger partial charge in [-0.2, -0.15) is 0 Å². The van der Waals surface area contributed by atoms with Crippen LogP contribution in [0.2, 0.25) is 0 Å². The van der Waals surface area contributed by atoms with Crippen LogP contribution in [0.5, 0.6) is 0 Å². The molecule has 2 atom stereocenters. The summed E-state index contributed by atoms with van der Waals surface area (Å²) in [6.07, 6.45) is 3.75. The molecule has 0 radical (unpaired) electrons. The first-order valence-corrected chi connectivity index (χ1v) is 7.36. The number of anilines is 1. The monoisotopic (exact) mass is 275 g/mol. The molecule has 0 saturated carbocycles. The Morgan fingerprint density at radius 2 is 2.20 bits per heavy atom. The van der Waals surface area contributed by atoms with Gasteiger partial charge in [0.1, 0.15) is 6.10 Å². The zero-order valence-corrected chi connectivity index (χ0v) is 11.8. The van der Waals surface area contributed by atoms with Gasteiger partial charge in [-0.15, -0.1) is 0 Å². The lowest BCUT2D eigenvalue weighted by molar-refractivity contribution is -0.118. The van der Waals surface area contributed by atoms with Gasteiger partial charge in [-0.05, 0) is 42.9 Å². The molecule has 1 fully saturated rings. The number of benzene rings is 1. The molecule has 2 heterocycles. The van der Waals surface area contributed by atoms with Crippen molar-refractivity contribution >= 4 is 11.6 Å². The van der Waals surface area contributed by atoms with Crippen molar-refractivity contribution < 1.29 is 14.6 Å². The number of aryl methyl sites for hydroxylation is 1. The Morgan fingerprint density at radius 3 is 2.95 bits per heavy atom. The van der Waals surface area contributed by atoms with Gasteiger partial charge in [-0.25, -0.2) is 0 Å². The van der Waals surface area contributed by atoms with Gasteiger partial charge in [0, 0.05) is 25.8 Å². The number of carbonyl (C=O) groups excluding carboxylic acids is 1. The molecule has 1 saturated heterocycles. The van der Waals surface area contributed by atoms with E-state index in [0.717, 1.165) is 49.1 Å². The van der Waals surface area contributed by atoms with Gasteiger partial charge in [0.2, 0.25) is 5.91 Å². The van der Waals surface area contributed by atoms with Gasteiger partial charge >= 0.3 is 0 Å². The lowest BCUT2D eigenvalue weighted by atomic mass is 9.93. The maximum atomic E-state index is 11.7. The summed E-state index contributed by atoms with van der Waals surface area (Å²) in [5, 5.41) is 10.5. The number of carbonyl (C=O) groups is 1. The topological polar surface area (TPSA) is 49.8 Å². The Hall–Kier alpha value is -1.39. The third-order valence-corrected chi connectivity index (χ3v) is 4.36. The first-order chi connectivity index (χ1) is 9.66. The zero-order chi connectivity index (χ0) is 14.1. The molecule has 1 N–H and O–H groups in total. The van der Waals surface area contributed by atoms with E-state index in [9.17, 15) is 9.90 Å². The predicted molar refractivity (Wildman–Crippen MR) is 76.7 cm³/mol. The number of aliphatic hydroxyl groups excluding tert-OH is 1. The molecule has 0 aromatic heterocycles. The maximum Gasteiger partial charge on any atom is 0.227 e. The molecule has 4 heteroatoms. The van der Waals surface area contributed by atoms with Gasteiger partial charge in [0.15, 0.2) is 0 Å². The molecule has 2 unspecified atom stereocenters. The number of fused-ring (bicyclic) bond motifs is 1. The van der Waals surface area contributed by atoms with Crippen molar-refractivity contribution in [1.82, 2.24) is 0 Å². The average molecular weight is 275 g/mol. The molecule has 1 aromatic rings. The molecule has 20 heavy (non-hydrogen) atoms. The number of aliphatic hydroxyl groups is 1. The van der Waals surface area contributed by atoms with E-state index in [1.807, 2.05) is 18.2 Å². The van der Waals surface area contributed by atoms with E-state index in [0.29, 0.717) is 6.42 Å². The van der Waals surface area contributed by atoms with Crippen LogP contribution in [0.1, 0.15) is 42.9 Å². The zero-order valence-electron chi connectivity index (χ0n) is 11.8. The predicted octanol–water partition coefficient (Wildman–Crippen LogP) is 2.20. The number of ether oxygens (including phenoxy) is 1. The Kier molecular flexibility index (Phi) is 3.76. The second-order valence-corrected chi connectivity index (χ2v) is 5.69. The fourth-order valence-corrected chi connectivity index (χ4v) is 3.09. The minimum atomic E-state index is -0.566. The molecule has 0 bridgehead atoms. The van der Waals surface area contributed by atoms with Crippen LogP contribution in [0.4, 0.5) is 5.69 Å². The van der Waals surface area contributed by atoms with Crippen molar-refractivity contribution in [3.8, 4) is 0 Å². The van der Waals surface area contributed by atoms with E-state index in [1.54, 1.807) is 11.9 Å². The molecule has 1 amide bonds. The Bertz CT molecular complexity index is 508. The third-order valence-electron chi connectivity index (χ3n) is 4.36. The summed E-state index contributed by atoms with van der Waals surface area (Å²) in [5.74, 6) is 0.154. The fraction of sp³-hybridized carbons (Fsp3) is 0.562. The van der Waals surface area contributed by atoms with E-state index in [-0.39, 0.29) is 12.0 Å². The van der Waals surface area contributed by atoms with Crippen molar-refractivity contribution in [2.24, 2.45) is 0 Å². The molecule has 1 aromatic carbocycles. The number of nitrogens with zero attached hydrogens (tertiary/aromatic N) is 1. The highest BCUT2D eigenvalue weighted by Gasteiger charge is 2.26. The molecule has 2 aliphatic heterocycles. The smallest absolute Gasteiger partial charge is 0.227 e. The van der Waals surface area contributed by atoms with E-state index < -0.39 is 6.10 Å². The summed E-state index contributed by atoms with van der Waals surface area (Å²) in [7, 11) is 1.81. The van der Waals surface area contributed by atoms with Gasteiger partial charge < -0.3 is 14.7 Å². The van der Waals surface area contributed by atoms with Gasteiger partial charge in [0.25, 0.3) is 0 Å². The second kappa shape index (κ2) is 5.54. The van der Waals surface area contributed by atoms with Crippen molar-refractivity contribution in [3.05, 3.63) is 29.3 Å². The quantitative estimate of drug-likeness (QED) is 0.900. The lowest BCUT2D eigenvalue weighted by Crippen LogP contribution is -2.31. The number of hydrogen-bond acceptors (Lipinski definition) is 3. The molecular formula is C16H21NO3. The lowest BCUT2D eigenvalue weighted by Gasteiger charge is -2.30. The standard InChI is InChI=1S/C16H21NO3/c1-17-13-7-5-12(10-11(13)6-8-15(17)18)16(19)14-4-2-3-9-20-14/h5,7,10,14,16,19H,2-4,6,8-9H2,1H3. The minimum Gasteiger partial charge on any atom is -0.386 e. The Morgan fingerprint density at radius 1 is 1.35 bits per heavy atom. The van der Waals surface area contributed by atoms with Gasteiger partial charge in [-0.1, -0.05) is 12.1 Å². The highest BCUT2D eigenvalue weighted by Crippen LogP contribution is 2.32. The number of amides is 1. The van der Waals surface area contributed by atoms with Crippen LogP contribution in [-0.2, 0) is 16.0 Å². The summed E-state index contributed by atoms with van der Waals surface area (Å²) in [5.41, 5.74) is 3.00. The Balaban J connectivity index is 1.83. The highest BCUT2D eigenvalue weighted by atomic mass is 16.5. The van der Waals surface area contributed by atoms with Gasteiger partial charge in [-0.3, -0.25) is 4.79 Å². The first-order valence-electron chi connectivity index (χ1n) is 7.36. The average Bonchev–Trinajstić information content (AvgIpc) is 2.51. The Labute approximate surface area is 119 Å². The normalized spacial score (nSPS) is 24.4. The SMILES string of the molecule is CN1C(=O)CCc2cc(C(O)C3CCCCO3)ccc21. The van der Waals surface area contributed by atoms with Crippen LogP contribution in [-0.4, -0.2) is 30.8 Å². The van der Waals surface area contributed by atoms with Crippen molar-refractivity contribution in [2.75, 3.05) is 18.6 Å².